The maximum Gasteiger partial charge on any atom is 0.349 e. The minimum atomic E-state index is -0.653. The lowest BCUT2D eigenvalue weighted by atomic mass is 10.0. The molecular weight excluding hydrogens is 335 g/mol. The van der Waals surface area contributed by atoms with Crippen LogP contribution >= 0.6 is 0 Å². The van der Waals surface area contributed by atoms with Crippen molar-refractivity contribution in [3.63, 3.8) is 0 Å². The Hall–Kier alpha value is -3.47. The number of esters is 1. The molecule has 0 bridgehead atoms. The summed E-state index contributed by atoms with van der Waals surface area (Å²) in [5.74, 6) is -0.703. The third kappa shape index (κ3) is 4.54. The van der Waals surface area contributed by atoms with E-state index in [1.807, 2.05) is 6.07 Å². The number of rotatable bonds is 6. The minimum Gasteiger partial charge on any atom is -0.482 e. The molecule has 0 aliphatic rings. The van der Waals surface area contributed by atoms with Crippen molar-refractivity contribution in [2.24, 2.45) is 0 Å². The standard InChI is InChI=1S/C21H15FO4/c22-17-7-4-8-19(13-17)26-20(23)14-25-18-11-9-16(10-12-18)21(24)15-5-2-1-3-6-15/h1-13H,14H2. The summed E-state index contributed by atoms with van der Waals surface area (Å²) in [5, 5.41) is 0. The zero-order valence-electron chi connectivity index (χ0n) is 13.7. The van der Waals surface area contributed by atoms with Crippen molar-refractivity contribution >= 4 is 11.8 Å². The SMILES string of the molecule is O=C(COc1ccc(C(=O)c2ccccc2)cc1)Oc1cccc(F)c1. The van der Waals surface area contributed by atoms with E-state index in [0.29, 0.717) is 16.9 Å². The van der Waals surface area contributed by atoms with E-state index in [1.165, 1.54) is 18.2 Å². The molecule has 130 valence electrons. The van der Waals surface area contributed by atoms with Crippen LogP contribution in [0.1, 0.15) is 15.9 Å². The van der Waals surface area contributed by atoms with Gasteiger partial charge in [0.1, 0.15) is 17.3 Å². The Bertz CT molecular complexity index is 905. The van der Waals surface area contributed by atoms with Crippen LogP contribution < -0.4 is 9.47 Å². The summed E-state index contributed by atoms with van der Waals surface area (Å²) < 4.78 is 23.4. The molecule has 5 heteroatoms. The van der Waals surface area contributed by atoms with E-state index in [4.69, 9.17) is 9.47 Å². The van der Waals surface area contributed by atoms with Gasteiger partial charge in [0, 0.05) is 17.2 Å². The monoisotopic (exact) mass is 350 g/mol. The number of hydrogen-bond acceptors (Lipinski definition) is 4. The highest BCUT2D eigenvalue weighted by atomic mass is 19.1. The third-order valence-electron chi connectivity index (χ3n) is 3.54. The highest BCUT2D eigenvalue weighted by molar-refractivity contribution is 6.08. The first-order valence-electron chi connectivity index (χ1n) is 7.91. The van der Waals surface area contributed by atoms with Crippen LogP contribution in [0.4, 0.5) is 4.39 Å². The topological polar surface area (TPSA) is 52.6 Å². The van der Waals surface area contributed by atoms with Crippen molar-refractivity contribution in [1.82, 2.24) is 0 Å². The zero-order valence-corrected chi connectivity index (χ0v) is 13.7. The Morgan fingerprint density at radius 2 is 1.46 bits per heavy atom. The minimum absolute atomic E-state index is 0.0948. The molecule has 0 aromatic heterocycles. The van der Waals surface area contributed by atoms with Gasteiger partial charge in [-0.25, -0.2) is 9.18 Å². The second kappa shape index (κ2) is 8.07. The molecule has 0 N–H and O–H groups in total. The molecule has 0 amide bonds. The van der Waals surface area contributed by atoms with Crippen LogP contribution in [0.2, 0.25) is 0 Å². The van der Waals surface area contributed by atoms with Crippen molar-refractivity contribution in [2.75, 3.05) is 6.61 Å². The first-order chi connectivity index (χ1) is 12.6. The predicted molar refractivity (Wildman–Crippen MR) is 93.8 cm³/mol. The predicted octanol–water partition coefficient (Wildman–Crippen LogP) is 4.04. The van der Waals surface area contributed by atoms with Crippen LogP contribution in [0.3, 0.4) is 0 Å². The summed E-state index contributed by atoms with van der Waals surface area (Å²) in [6.45, 7) is -0.331. The molecule has 0 aliphatic carbocycles. The Kier molecular flexibility index (Phi) is 5.39. The fraction of sp³-hybridized carbons (Fsp3) is 0.0476. The van der Waals surface area contributed by atoms with Gasteiger partial charge >= 0.3 is 5.97 Å². The van der Waals surface area contributed by atoms with E-state index in [1.54, 1.807) is 48.5 Å². The van der Waals surface area contributed by atoms with Gasteiger partial charge in [0.15, 0.2) is 12.4 Å². The number of benzene rings is 3. The molecule has 0 saturated heterocycles. The van der Waals surface area contributed by atoms with E-state index in [0.717, 1.165) is 6.07 Å². The molecule has 4 nitrogen and oxygen atoms in total. The highest BCUT2D eigenvalue weighted by Gasteiger charge is 2.10. The lowest BCUT2D eigenvalue weighted by Crippen LogP contribution is -2.17. The van der Waals surface area contributed by atoms with Crippen LogP contribution in [0, 0.1) is 5.82 Å². The number of halogens is 1. The van der Waals surface area contributed by atoms with Gasteiger partial charge in [0.05, 0.1) is 0 Å². The number of carbonyl (C=O) groups is 2. The summed E-state index contributed by atoms with van der Waals surface area (Å²) in [5.41, 5.74) is 1.12. The largest absolute Gasteiger partial charge is 0.482 e. The van der Waals surface area contributed by atoms with E-state index in [-0.39, 0.29) is 18.1 Å². The Morgan fingerprint density at radius 1 is 0.769 bits per heavy atom. The number of ether oxygens (including phenoxy) is 2. The van der Waals surface area contributed by atoms with Crippen molar-refractivity contribution in [2.45, 2.75) is 0 Å². The van der Waals surface area contributed by atoms with Gasteiger partial charge in [-0.15, -0.1) is 0 Å². The van der Waals surface area contributed by atoms with Crippen LogP contribution in [-0.4, -0.2) is 18.4 Å². The first kappa shape index (κ1) is 17.4. The average molecular weight is 350 g/mol. The van der Waals surface area contributed by atoms with E-state index < -0.39 is 11.8 Å². The van der Waals surface area contributed by atoms with Crippen LogP contribution in [0.25, 0.3) is 0 Å². The molecule has 0 aliphatic heterocycles. The molecule has 3 aromatic rings. The number of carbonyl (C=O) groups excluding carboxylic acids is 2. The van der Waals surface area contributed by atoms with Gasteiger partial charge in [-0.3, -0.25) is 4.79 Å². The van der Waals surface area contributed by atoms with Gasteiger partial charge < -0.3 is 9.47 Å². The Morgan fingerprint density at radius 3 is 2.15 bits per heavy atom. The van der Waals surface area contributed by atoms with E-state index in [2.05, 4.69) is 0 Å². The maximum absolute atomic E-state index is 13.0. The quantitative estimate of drug-likeness (QED) is 0.382. The lowest BCUT2D eigenvalue weighted by Gasteiger charge is -2.07. The van der Waals surface area contributed by atoms with Crippen LogP contribution in [0.15, 0.2) is 78.9 Å². The molecule has 0 saturated carbocycles. The molecule has 0 fully saturated rings. The van der Waals surface area contributed by atoms with Crippen LogP contribution in [0.5, 0.6) is 11.5 Å². The first-order valence-corrected chi connectivity index (χ1v) is 7.91. The van der Waals surface area contributed by atoms with Gasteiger partial charge in [0.25, 0.3) is 0 Å². The molecule has 0 unspecified atom stereocenters. The van der Waals surface area contributed by atoms with Crippen molar-refractivity contribution in [3.8, 4) is 11.5 Å². The van der Waals surface area contributed by atoms with Crippen LogP contribution in [-0.2, 0) is 4.79 Å². The van der Waals surface area contributed by atoms with Gasteiger partial charge in [-0.1, -0.05) is 36.4 Å². The summed E-state index contributed by atoms with van der Waals surface area (Å²) in [7, 11) is 0. The summed E-state index contributed by atoms with van der Waals surface area (Å²) in [6, 6.07) is 20.7. The van der Waals surface area contributed by atoms with Crippen molar-refractivity contribution in [1.29, 1.82) is 0 Å². The van der Waals surface area contributed by atoms with E-state index in [9.17, 15) is 14.0 Å². The fourth-order valence-corrected chi connectivity index (χ4v) is 2.29. The van der Waals surface area contributed by atoms with E-state index >= 15 is 0 Å². The molecule has 0 radical (unpaired) electrons. The van der Waals surface area contributed by atoms with Crippen molar-refractivity contribution in [3.05, 3.63) is 95.8 Å². The summed E-state index contributed by atoms with van der Waals surface area (Å²) in [4.78, 5) is 24.0. The molecule has 0 atom stereocenters. The smallest absolute Gasteiger partial charge is 0.349 e. The normalized spacial score (nSPS) is 10.2. The molecule has 0 heterocycles. The van der Waals surface area contributed by atoms with Gasteiger partial charge in [-0.2, -0.15) is 0 Å². The molecule has 3 aromatic carbocycles. The van der Waals surface area contributed by atoms with Gasteiger partial charge in [0.2, 0.25) is 0 Å². The number of hydrogen-bond donors (Lipinski definition) is 0. The summed E-state index contributed by atoms with van der Waals surface area (Å²) >= 11 is 0. The van der Waals surface area contributed by atoms with Crippen molar-refractivity contribution < 1.29 is 23.5 Å². The zero-order chi connectivity index (χ0) is 18.4. The Balaban J connectivity index is 1.56. The fourth-order valence-electron chi connectivity index (χ4n) is 2.29. The molecule has 26 heavy (non-hydrogen) atoms. The summed E-state index contributed by atoms with van der Waals surface area (Å²) in [6.07, 6.45) is 0. The highest BCUT2D eigenvalue weighted by Crippen LogP contribution is 2.16. The second-order valence-corrected chi connectivity index (χ2v) is 5.44. The Labute approximate surface area is 149 Å². The molecule has 0 spiro atoms. The molecular formula is C21H15FO4. The average Bonchev–Trinajstić information content (AvgIpc) is 2.67. The second-order valence-electron chi connectivity index (χ2n) is 5.44. The molecule has 3 rings (SSSR count). The third-order valence-corrected chi connectivity index (χ3v) is 3.54. The lowest BCUT2D eigenvalue weighted by molar-refractivity contribution is -0.136. The van der Waals surface area contributed by atoms with Gasteiger partial charge in [-0.05, 0) is 36.4 Å². The number of ketones is 1. The maximum atomic E-state index is 13.0.